The van der Waals surface area contributed by atoms with Crippen LogP contribution in [0.15, 0.2) is 22.7 Å². The van der Waals surface area contributed by atoms with Crippen molar-refractivity contribution in [1.29, 1.82) is 0 Å². The Balaban J connectivity index is 2.67. The van der Waals surface area contributed by atoms with E-state index in [1.165, 1.54) is 0 Å². The SMILES string of the molecule is C#CCOc1ccc(Br)cc1CNC(C)C(=O)NC(C)C. The summed E-state index contributed by atoms with van der Waals surface area (Å²) in [6.45, 7) is 6.44. The summed E-state index contributed by atoms with van der Waals surface area (Å²) >= 11 is 3.43. The fourth-order valence-electron chi connectivity index (χ4n) is 1.71. The molecule has 1 aromatic carbocycles. The third kappa shape index (κ3) is 6.19. The maximum Gasteiger partial charge on any atom is 0.237 e. The van der Waals surface area contributed by atoms with E-state index in [1.807, 2.05) is 39.0 Å². The number of halogens is 1. The van der Waals surface area contributed by atoms with Crippen LogP contribution in [0.25, 0.3) is 0 Å². The molecule has 0 saturated heterocycles. The molecular formula is C16H21BrN2O2. The summed E-state index contributed by atoms with van der Waals surface area (Å²) in [4.78, 5) is 11.9. The number of hydrogen-bond acceptors (Lipinski definition) is 3. The minimum absolute atomic E-state index is 0.0221. The lowest BCUT2D eigenvalue weighted by molar-refractivity contribution is -0.123. The summed E-state index contributed by atoms with van der Waals surface area (Å²) in [5.41, 5.74) is 0.948. The van der Waals surface area contributed by atoms with Gasteiger partial charge in [0.2, 0.25) is 5.91 Å². The third-order valence-corrected chi connectivity index (χ3v) is 3.25. The van der Waals surface area contributed by atoms with E-state index in [-0.39, 0.29) is 24.6 Å². The number of carbonyl (C=O) groups is 1. The van der Waals surface area contributed by atoms with Gasteiger partial charge in [0, 0.05) is 22.6 Å². The van der Waals surface area contributed by atoms with Crippen molar-refractivity contribution in [3.8, 4) is 18.1 Å². The largest absolute Gasteiger partial charge is 0.481 e. The predicted molar refractivity (Wildman–Crippen MR) is 88.1 cm³/mol. The van der Waals surface area contributed by atoms with Gasteiger partial charge in [-0.05, 0) is 39.0 Å². The molecule has 0 aliphatic carbocycles. The third-order valence-electron chi connectivity index (χ3n) is 2.76. The Labute approximate surface area is 134 Å². The lowest BCUT2D eigenvalue weighted by atomic mass is 10.2. The molecule has 5 heteroatoms. The number of carbonyl (C=O) groups excluding carboxylic acids is 1. The van der Waals surface area contributed by atoms with Crippen LogP contribution in [0.3, 0.4) is 0 Å². The molecule has 1 unspecified atom stereocenters. The molecule has 0 aromatic heterocycles. The lowest BCUT2D eigenvalue weighted by Gasteiger charge is -2.17. The summed E-state index contributed by atoms with van der Waals surface area (Å²) in [5, 5.41) is 6.05. The minimum Gasteiger partial charge on any atom is -0.481 e. The second-order valence-electron chi connectivity index (χ2n) is 5.01. The van der Waals surface area contributed by atoms with E-state index in [9.17, 15) is 4.79 Å². The van der Waals surface area contributed by atoms with Gasteiger partial charge in [0.25, 0.3) is 0 Å². The van der Waals surface area contributed by atoms with Gasteiger partial charge in [0.1, 0.15) is 12.4 Å². The van der Waals surface area contributed by atoms with Gasteiger partial charge >= 0.3 is 0 Å². The molecule has 1 amide bonds. The molecule has 0 radical (unpaired) electrons. The Bertz CT molecular complexity index is 523. The molecular weight excluding hydrogens is 332 g/mol. The van der Waals surface area contributed by atoms with E-state index >= 15 is 0 Å². The Morgan fingerprint density at radius 2 is 2.14 bits per heavy atom. The number of benzene rings is 1. The second kappa shape index (κ2) is 8.71. The average Bonchev–Trinajstić information content (AvgIpc) is 2.42. The minimum atomic E-state index is -0.285. The van der Waals surface area contributed by atoms with Crippen LogP contribution < -0.4 is 15.4 Å². The highest BCUT2D eigenvalue weighted by molar-refractivity contribution is 9.10. The maximum atomic E-state index is 11.9. The zero-order chi connectivity index (χ0) is 15.8. The van der Waals surface area contributed by atoms with Crippen LogP contribution in [0.1, 0.15) is 26.3 Å². The number of hydrogen-bond donors (Lipinski definition) is 2. The fourth-order valence-corrected chi connectivity index (χ4v) is 2.12. The Kier molecular flexibility index (Phi) is 7.27. The monoisotopic (exact) mass is 352 g/mol. The van der Waals surface area contributed by atoms with Crippen molar-refractivity contribution in [2.24, 2.45) is 0 Å². The summed E-state index contributed by atoms with van der Waals surface area (Å²) in [5.74, 6) is 3.14. The Hall–Kier alpha value is -1.51. The molecule has 114 valence electrons. The van der Waals surface area contributed by atoms with Crippen LogP contribution >= 0.6 is 15.9 Å². The highest BCUT2D eigenvalue weighted by Crippen LogP contribution is 2.23. The summed E-state index contributed by atoms with van der Waals surface area (Å²) in [6.07, 6.45) is 5.21. The molecule has 2 N–H and O–H groups in total. The van der Waals surface area contributed by atoms with Crippen LogP contribution in [0, 0.1) is 12.3 Å². The van der Waals surface area contributed by atoms with Gasteiger partial charge in [-0.15, -0.1) is 6.42 Å². The molecule has 1 atom stereocenters. The molecule has 0 aliphatic heterocycles. The molecule has 0 heterocycles. The van der Waals surface area contributed by atoms with Gasteiger partial charge in [-0.3, -0.25) is 4.79 Å². The number of amides is 1. The summed E-state index contributed by atoms with van der Waals surface area (Å²) in [7, 11) is 0. The normalized spacial score (nSPS) is 11.8. The smallest absolute Gasteiger partial charge is 0.237 e. The molecule has 0 saturated carbocycles. The quantitative estimate of drug-likeness (QED) is 0.741. The zero-order valence-corrected chi connectivity index (χ0v) is 14.2. The standard InChI is InChI=1S/C16H21BrN2O2/c1-5-8-21-15-7-6-14(17)9-13(15)10-18-12(4)16(20)19-11(2)3/h1,6-7,9,11-12,18H,8,10H2,2-4H3,(H,19,20). The van der Waals surface area contributed by atoms with E-state index in [1.54, 1.807) is 0 Å². The molecule has 0 fully saturated rings. The maximum absolute atomic E-state index is 11.9. The number of nitrogens with one attached hydrogen (secondary N) is 2. The lowest BCUT2D eigenvalue weighted by Crippen LogP contribution is -2.44. The van der Waals surface area contributed by atoms with Crippen LogP contribution in [-0.4, -0.2) is 24.6 Å². The number of ether oxygens (including phenoxy) is 1. The van der Waals surface area contributed by atoms with Gasteiger partial charge in [0.15, 0.2) is 0 Å². The van der Waals surface area contributed by atoms with Crippen LogP contribution in [0.2, 0.25) is 0 Å². The number of rotatable bonds is 7. The van der Waals surface area contributed by atoms with Crippen LogP contribution in [0.5, 0.6) is 5.75 Å². The summed E-state index contributed by atoms with van der Waals surface area (Å²) < 4.78 is 6.45. The first-order valence-corrected chi connectivity index (χ1v) is 7.61. The fraction of sp³-hybridized carbons (Fsp3) is 0.438. The zero-order valence-electron chi connectivity index (χ0n) is 12.6. The van der Waals surface area contributed by atoms with Crippen molar-refractivity contribution in [3.05, 3.63) is 28.2 Å². The van der Waals surface area contributed by atoms with Crippen LogP contribution in [0.4, 0.5) is 0 Å². The highest BCUT2D eigenvalue weighted by Gasteiger charge is 2.14. The van der Waals surface area contributed by atoms with Gasteiger partial charge in [0.05, 0.1) is 6.04 Å². The average molecular weight is 353 g/mol. The molecule has 1 aromatic rings. The van der Waals surface area contributed by atoms with Gasteiger partial charge in [-0.1, -0.05) is 21.9 Å². The molecule has 4 nitrogen and oxygen atoms in total. The van der Waals surface area contributed by atoms with Crippen molar-refractivity contribution in [2.75, 3.05) is 6.61 Å². The van der Waals surface area contributed by atoms with Gasteiger partial charge < -0.3 is 15.4 Å². The van der Waals surface area contributed by atoms with E-state index in [4.69, 9.17) is 11.2 Å². The van der Waals surface area contributed by atoms with Crippen molar-refractivity contribution in [3.63, 3.8) is 0 Å². The van der Waals surface area contributed by atoms with Gasteiger partial charge in [-0.25, -0.2) is 0 Å². The van der Waals surface area contributed by atoms with Gasteiger partial charge in [-0.2, -0.15) is 0 Å². The second-order valence-corrected chi connectivity index (χ2v) is 5.93. The van der Waals surface area contributed by atoms with E-state index in [0.717, 1.165) is 15.8 Å². The first kappa shape index (κ1) is 17.5. The molecule has 1 rings (SSSR count). The number of terminal acetylenes is 1. The first-order chi connectivity index (χ1) is 9.93. The molecule has 0 aliphatic rings. The summed E-state index contributed by atoms with van der Waals surface area (Å²) in [6, 6.07) is 5.54. The van der Waals surface area contributed by atoms with Crippen molar-refractivity contribution in [2.45, 2.75) is 39.4 Å². The molecule has 0 bridgehead atoms. The van der Waals surface area contributed by atoms with E-state index in [0.29, 0.717) is 6.54 Å². The topological polar surface area (TPSA) is 50.4 Å². The predicted octanol–water partition coefficient (Wildman–Crippen LogP) is 2.46. The molecule has 0 spiro atoms. The highest BCUT2D eigenvalue weighted by atomic mass is 79.9. The Morgan fingerprint density at radius 3 is 2.76 bits per heavy atom. The van der Waals surface area contributed by atoms with E-state index < -0.39 is 0 Å². The molecule has 21 heavy (non-hydrogen) atoms. The van der Waals surface area contributed by atoms with Crippen molar-refractivity contribution >= 4 is 21.8 Å². The van der Waals surface area contributed by atoms with Crippen molar-refractivity contribution < 1.29 is 9.53 Å². The van der Waals surface area contributed by atoms with Crippen LogP contribution in [-0.2, 0) is 11.3 Å². The Morgan fingerprint density at radius 1 is 1.43 bits per heavy atom. The first-order valence-electron chi connectivity index (χ1n) is 6.82. The van der Waals surface area contributed by atoms with Crippen molar-refractivity contribution in [1.82, 2.24) is 10.6 Å². The van der Waals surface area contributed by atoms with E-state index in [2.05, 4.69) is 32.5 Å².